The van der Waals surface area contributed by atoms with Gasteiger partial charge >= 0.3 is 0 Å². The molecule has 0 aliphatic heterocycles. The summed E-state index contributed by atoms with van der Waals surface area (Å²) in [6, 6.07) is 12.8. The Morgan fingerprint density at radius 3 is 2.57 bits per heavy atom. The lowest BCUT2D eigenvalue weighted by molar-refractivity contribution is 0.244. The fourth-order valence-corrected chi connectivity index (χ4v) is 3.02. The van der Waals surface area contributed by atoms with Crippen LogP contribution >= 0.6 is 11.6 Å². The second-order valence-electron chi connectivity index (χ2n) is 5.85. The summed E-state index contributed by atoms with van der Waals surface area (Å²) in [5.41, 5.74) is 2.11. The third-order valence-electron chi connectivity index (χ3n) is 4.16. The molecule has 0 aliphatic rings. The summed E-state index contributed by atoms with van der Waals surface area (Å²) in [5, 5.41) is 5.37. The molecule has 0 saturated heterocycles. The Hall–Kier alpha value is -3.32. The molecule has 0 unspecified atom stereocenters. The minimum absolute atomic E-state index is 0.151. The second kappa shape index (κ2) is 7.74. The van der Waals surface area contributed by atoms with Crippen LogP contribution in [-0.4, -0.2) is 29.3 Å². The maximum absolute atomic E-state index is 6.21. The molecule has 0 aliphatic carbocycles. The van der Waals surface area contributed by atoms with Gasteiger partial charge in [0.1, 0.15) is 12.0 Å². The third-order valence-corrected chi connectivity index (χ3v) is 4.49. The largest absolute Gasteiger partial charge is 0.493 e. The molecule has 2 aromatic carbocycles. The maximum Gasteiger partial charge on any atom is 0.225 e. The molecule has 0 bridgehead atoms. The number of aromatic nitrogens is 3. The van der Waals surface area contributed by atoms with Gasteiger partial charge in [-0.25, -0.2) is 9.97 Å². The molecule has 7 nitrogen and oxygen atoms in total. The Labute approximate surface area is 165 Å². The molecular weight excluding hydrogens is 382 g/mol. The molecule has 0 amide bonds. The number of methoxy groups -OCH3 is 2. The summed E-state index contributed by atoms with van der Waals surface area (Å²) in [7, 11) is 3.14. The van der Waals surface area contributed by atoms with Crippen LogP contribution < -0.4 is 14.2 Å². The van der Waals surface area contributed by atoms with Crippen LogP contribution in [0.4, 0.5) is 0 Å². The predicted octanol–water partition coefficient (Wildman–Crippen LogP) is 4.53. The third kappa shape index (κ3) is 3.44. The van der Waals surface area contributed by atoms with Gasteiger partial charge in [0.15, 0.2) is 23.9 Å². The zero-order chi connectivity index (χ0) is 19.5. The number of halogens is 1. The summed E-state index contributed by atoms with van der Waals surface area (Å²) >= 11 is 6.21. The van der Waals surface area contributed by atoms with Crippen LogP contribution in [0.1, 0.15) is 5.76 Å². The highest BCUT2D eigenvalue weighted by Gasteiger charge is 2.14. The first-order valence-corrected chi connectivity index (χ1v) is 8.77. The van der Waals surface area contributed by atoms with Gasteiger partial charge in [-0.2, -0.15) is 0 Å². The van der Waals surface area contributed by atoms with Gasteiger partial charge < -0.3 is 18.7 Å². The Bertz CT molecular complexity index is 1130. The average molecular weight is 398 g/mol. The molecule has 0 N–H and O–H groups in total. The summed E-state index contributed by atoms with van der Waals surface area (Å²) < 4.78 is 21.9. The Balaban J connectivity index is 1.59. The highest BCUT2D eigenvalue weighted by Crippen LogP contribution is 2.34. The topological polar surface area (TPSA) is 79.5 Å². The van der Waals surface area contributed by atoms with E-state index in [4.69, 9.17) is 30.3 Å². The van der Waals surface area contributed by atoms with Gasteiger partial charge in [-0.05, 0) is 12.1 Å². The molecule has 0 spiro atoms. The van der Waals surface area contributed by atoms with Gasteiger partial charge in [0, 0.05) is 17.7 Å². The first kappa shape index (κ1) is 18.1. The van der Waals surface area contributed by atoms with Gasteiger partial charge in [0.2, 0.25) is 5.88 Å². The van der Waals surface area contributed by atoms with Crippen LogP contribution in [-0.2, 0) is 6.61 Å². The number of ether oxygens (including phenoxy) is 3. The number of benzene rings is 2. The number of fused-ring (bicyclic) bond motifs is 1. The Kier molecular flexibility index (Phi) is 4.99. The molecule has 0 radical (unpaired) electrons. The minimum Gasteiger partial charge on any atom is -0.493 e. The van der Waals surface area contributed by atoms with Gasteiger partial charge in [0.05, 0.1) is 30.1 Å². The quantitative estimate of drug-likeness (QED) is 0.472. The van der Waals surface area contributed by atoms with Crippen LogP contribution in [0.15, 0.2) is 53.3 Å². The van der Waals surface area contributed by atoms with Crippen molar-refractivity contribution in [3.8, 4) is 28.6 Å². The lowest BCUT2D eigenvalue weighted by Crippen LogP contribution is -1.99. The SMILES string of the molecule is COc1cc2ncnc(OCc3cc(-c4ccccc4Cl)no3)c2cc1OC. The van der Waals surface area contributed by atoms with Gasteiger partial charge in [0.25, 0.3) is 0 Å². The van der Waals surface area contributed by atoms with Crippen molar-refractivity contribution in [3.05, 3.63) is 59.6 Å². The van der Waals surface area contributed by atoms with E-state index in [-0.39, 0.29) is 6.61 Å². The summed E-state index contributed by atoms with van der Waals surface area (Å²) in [6.07, 6.45) is 1.43. The molecule has 142 valence electrons. The van der Waals surface area contributed by atoms with E-state index in [9.17, 15) is 0 Å². The average Bonchev–Trinajstić information content (AvgIpc) is 3.20. The van der Waals surface area contributed by atoms with Crippen LogP contribution in [0.5, 0.6) is 17.4 Å². The predicted molar refractivity (Wildman–Crippen MR) is 104 cm³/mol. The molecule has 4 rings (SSSR count). The standard InChI is InChI=1S/C20H16ClN3O4/c1-25-18-8-14-16(9-19(18)26-2)22-11-23-20(14)27-10-12-7-17(24-28-12)13-5-3-4-6-15(13)21/h3-9,11H,10H2,1-2H3. The summed E-state index contributed by atoms with van der Waals surface area (Å²) in [4.78, 5) is 8.48. The van der Waals surface area contributed by atoms with Crippen molar-refractivity contribution in [2.45, 2.75) is 6.61 Å². The van der Waals surface area contributed by atoms with E-state index in [1.807, 2.05) is 18.2 Å². The molecule has 0 saturated carbocycles. The monoisotopic (exact) mass is 397 g/mol. The van der Waals surface area contributed by atoms with E-state index in [2.05, 4.69) is 15.1 Å². The van der Waals surface area contributed by atoms with Crippen LogP contribution in [0, 0.1) is 0 Å². The van der Waals surface area contributed by atoms with Crippen molar-refractivity contribution < 1.29 is 18.7 Å². The van der Waals surface area contributed by atoms with Gasteiger partial charge in [-0.15, -0.1) is 0 Å². The van der Waals surface area contributed by atoms with E-state index in [1.54, 1.807) is 38.5 Å². The first-order valence-electron chi connectivity index (χ1n) is 8.39. The molecule has 4 aromatic rings. The van der Waals surface area contributed by atoms with E-state index in [0.29, 0.717) is 44.8 Å². The fraction of sp³-hybridized carbons (Fsp3) is 0.150. The number of hydrogen-bond acceptors (Lipinski definition) is 7. The van der Waals surface area contributed by atoms with Gasteiger partial charge in [-0.1, -0.05) is 35.0 Å². The van der Waals surface area contributed by atoms with Gasteiger partial charge in [-0.3, -0.25) is 0 Å². The number of nitrogens with zero attached hydrogens (tertiary/aromatic N) is 3. The molecule has 0 atom stereocenters. The smallest absolute Gasteiger partial charge is 0.225 e. The Morgan fingerprint density at radius 2 is 1.79 bits per heavy atom. The van der Waals surface area contributed by atoms with Crippen molar-refractivity contribution >= 4 is 22.5 Å². The molecular formula is C20H16ClN3O4. The molecule has 8 heteroatoms. The number of rotatable bonds is 6. The van der Waals surface area contributed by atoms with E-state index in [0.717, 1.165) is 5.56 Å². The first-order chi connectivity index (χ1) is 13.7. The van der Waals surface area contributed by atoms with E-state index < -0.39 is 0 Å². The van der Waals surface area contributed by atoms with Crippen molar-refractivity contribution in [2.24, 2.45) is 0 Å². The summed E-state index contributed by atoms with van der Waals surface area (Å²) in [6.45, 7) is 0.151. The number of hydrogen-bond donors (Lipinski definition) is 0. The zero-order valence-electron chi connectivity index (χ0n) is 15.2. The highest BCUT2D eigenvalue weighted by molar-refractivity contribution is 6.33. The lowest BCUT2D eigenvalue weighted by Gasteiger charge is -2.10. The van der Waals surface area contributed by atoms with Crippen molar-refractivity contribution in [3.63, 3.8) is 0 Å². The fourth-order valence-electron chi connectivity index (χ4n) is 2.79. The van der Waals surface area contributed by atoms with Crippen molar-refractivity contribution in [1.82, 2.24) is 15.1 Å². The second-order valence-corrected chi connectivity index (χ2v) is 6.26. The molecule has 28 heavy (non-hydrogen) atoms. The molecule has 2 heterocycles. The van der Waals surface area contributed by atoms with Crippen LogP contribution in [0.3, 0.4) is 0 Å². The highest BCUT2D eigenvalue weighted by atomic mass is 35.5. The van der Waals surface area contributed by atoms with Crippen LogP contribution in [0.2, 0.25) is 5.02 Å². The van der Waals surface area contributed by atoms with E-state index in [1.165, 1.54) is 6.33 Å². The minimum atomic E-state index is 0.151. The summed E-state index contributed by atoms with van der Waals surface area (Å²) in [5.74, 6) is 2.10. The van der Waals surface area contributed by atoms with Crippen LogP contribution in [0.25, 0.3) is 22.2 Å². The lowest BCUT2D eigenvalue weighted by atomic mass is 10.1. The Morgan fingerprint density at radius 1 is 1.00 bits per heavy atom. The van der Waals surface area contributed by atoms with Crippen molar-refractivity contribution in [1.29, 1.82) is 0 Å². The zero-order valence-corrected chi connectivity index (χ0v) is 15.9. The normalized spacial score (nSPS) is 10.8. The maximum atomic E-state index is 6.21. The molecule has 2 aromatic heterocycles. The van der Waals surface area contributed by atoms with Crippen molar-refractivity contribution in [2.75, 3.05) is 14.2 Å². The molecule has 0 fully saturated rings. The van der Waals surface area contributed by atoms with E-state index >= 15 is 0 Å².